The van der Waals surface area contributed by atoms with E-state index in [0.29, 0.717) is 12.6 Å². The number of urea groups is 1. The number of carbonyl (C=O) groups excluding carboxylic acids is 1. The first-order valence-corrected chi connectivity index (χ1v) is 5.84. The van der Waals surface area contributed by atoms with Crippen LogP contribution in [-0.4, -0.2) is 33.8 Å². The Morgan fingerprint density at radius 1 is 1.47 bits per heavy atom. The van der Waals surface area contributed by atoms with Crippen LogP contribution in [0.1, 0.15) is 12.6 Å². The maximum absolute atomic E-state index is 12.6. The third-order valence-corrected chi connectivity index (χ3v) is 2.91. The minimum Gasteiger partial charge on any atom is -0.479 e. The van der Waals surface area contributed by atoms with E-state index in [2.05, 4.69) is 10.3 Å². The van der Waals surface area contributed by atoms with Crippen molar-refractivity contribution in [2.45, 2.75) is 25.2 Å². The third kappa shape index (κ3) is 3.56. The highest BCUT2D eigenvalue weighted by Crippen LogP contribution is 2.30. The van der Waals surface area contributed by atoms with Crippen LogP contribution in [0.15, 0.2) is 10.9 Å². The summed E-state index contributed by atoms with van der Waals surface area (Å²) in [6.45, 7) is 0.278. The number of carboxylic acids is 1. The topological polar surface area (TPSA) is 91.3 Å². The number of carboxylic acid groups (broad SMARTS) is 1. The van der Waals surface area contributed by atoms with Gasteiger partial charge in [0.2, 0.25) is 5.54 Å². The van der Waals surface area contributed by atoms with Gasteiger partial charge in [-0.25, -0.2) is 14.6 Å². The molecule has 0 aliphatic heterocycles. The van der Waals surface area contributed by atoms with Gasteiger partial charge in [-0.1, -0.05) is 0 Å². The maximum atomic E-state index is 12.6. The normalized spacial score (nSPS) is 14.5. The average Bonchev–Trinajstić information content (AvgIpc) is 2.77. The molecule has 19 heavy (non-hydrogen) atoms. The number of thiazole rings is 1. The van der Waals surface area contributed by atoms with Crippen LogP contribution in [0.25, 0.3) is 0 Å². The van der Waals surface area contributed by atoms with Crippen LogP contribution in [0, 0.1) is 0 Å². The van der Waals surface area contributed by atoms with E-state index in [1.165, 1.54) is 22.2 Å². The molecule has 2 amide bonds. The Bertz CT molecular complexity index is 463. The van der Waals surface area contributed by atoms with Crippen molar-refractivity contribution in [2.24, 2.45) is 0 Å². The SMILES string of the molecule is CC(NC(=O)NCc1cscn1)(C(=O)O)C(F)(F)F. The van der Waals surface area contributed by atoms with Crippen LogP contribution in [0.4, 0.5) is 18.0 Å². The Labute approximate surface area is 109 Å². The lowest BCUT2D eigenvalue weighted by molar-refractivity contribution is -0.203. The van der Waals surface area contributed by atoms with Gasteiger partial charge in [-0.2, -0.15) is 13.2 Å². The Morgan fingerprint density at radius 2 is 2.11 bits per heavy atom. The molecule has 1 atom stereocenters. The fourth-order valence-corrected chi connectivity index (χ4v) is 1.57. The molecule has 106 valence electrons. The van der Waals surface area contributed by atoms with Gasteiger partial charge in [0.05, 0.1) is 17.7 Å². The monoisotopic (exact) mass is 297 g/mol. The van der Waals surface area contributed by atoms with Gasteiger partial charge in [-0.05, 0) is 6.92 Å². The molecule has 0 bridgehead atoms. The summed E-state index contributed by atoms with van der Waals surface area (Å²) in [5.74, 6) is -2.19. The molecule has 1 unspecified atom stereocenters. The van der Waals surface area contributed by atoms with Crippen molar-refractivity contribution >= 4 is 23.3 Å². The van der Waals surface area contributed by atoms with Gasteiger partial charge in [-0.3, -0.25) is 0 Å². The van der Waals surface area contributed by atoms with Crippen molar-refractivity contribution < 1.29 is 27.9 Å². The number of aromatic nitrogens is 1. The summed E-state index contributed by atoms with van der Waals surface area (Å²) < 4.78 is 37.8. The van der Waals surface area contributed by atoms with Gasteiger partial charge in [0.1, 0.15) is 0 Å². The fourth-order valence-electron chi connectivity index (χ4n) is 1.01. The van der Waals surface area contributed by atoms with Crippen molar-refractivity contribution in [2.75, 3.05) is 0 Å². The summed E-state index contributed by atoms with van der Waals surface area (Å²) in [7, 11) is 0. The molecule has 10 heteroatoms. The van der Waals surface area contributed by atoms with E-state index in [0.717, 1.165) is 0 Å². The van der Waals surface area contributed by atoms with Crippen molar-refractivity contribution in [3.05, 3.63) is 16.6 Å². The largest absolute Gasteiger partial charge is 0.479 e. The highest BCUT2D eigenvalue weighted by molar-refractivity contribution is 7.07. The molecule has 0 aliphatic carbocycles. The Hall–Kier alpha value is -1.84. The van der Waals surface area contributed by atoms with Crippen LogP contribution >= 0.6 is 11.3 Å². The molecule has 0 aliphatic rings. The van der Waals surface area contributed by atoms with E-state index in [9.17, 15) is 22.8 Å². The third-order valence-electron chi connectivity index (χ3n) is 2.27. The van der Waals surface area contributed by atoms with Crippen molar-refractivity contribution in [3.8, 4) is 0 Å². The lowest BCUT2D eigenvalue weighted by Gasteiger charge is -2.28. The zero-order chi connectivity index (χ0) is 14.7. The first-order chi connectivity index (χ1) is 8.67. The molecule has 0 saturated heterocycles. The number of nitrogens with one attached hydrogen (secondary N) is 2. The van der Waals surface area contributed by atoms with E-state index in [1.807, 2.05) is 0 Å². The Balaban J connectivity index is 2.65. The molecule has 0 fully saturated rings. The summed E-state index contributed by atoms with van der Waals surface area (Å²) >= 11 is 1.26. The van der Waals surface area contributed by atoms with Gasteiger partial charge < -0.3 is 15.7 Å². The first kappa shape index (κ1) is 15.2. The van der Waals surface area contributed by atoms with E-state index in [-0.39, 0.29) is 6.54 Å². The first-order valence-electron chi connectivity index (χ1n) is 4.90. The van der Waals surface area contributed by atoms with Crippen molar-refractivity contribution in [1.82, 2.24) is 15.6 Å². The summed E-state index contributed by atoms with van der Waals surface area (Å²) in [5.41, 5.74) is -1.39. The molecule has 0 spiro atoms. The van der Waals surface area contributed by atoms with Gasteiger partial charge >= 0.3 is 18.2 Å². The smallest absolute Gasteiger partial charge is 0.422 e. The summed E-state index contributed by atoms with van der Waals surface area (Å²) in [6.07, 6.45) is -5.11. The van der Waals surface area contributed by atoms with Crippen molar-refractivity contribution in [3.63, 3.8) is 0 Å². The molecule has 6 nitrogen and oxygen atoms in total. The lowest BCUT2D eigenvalue weighted by atomic mass is 10.0. The minimum atomic E-state index is -5.11. The second-order valence-electron chi connectivity index (χ2n) is 3.72. The number of hydrogen-bond acceptors (Lipinski definition) is 4. The summed E-state index contributed by atoms with van der Waals surface area (Å²) in [5, 5.41) is 13.7. The number of nitrogens with zero attached hydrogens (tertiary/aromatic N) is 1. The van der Waals surface area contributed by atoms with Crippen LogP contribution in [0.5, 0.6) is 0 Å². The second-order valence-corrected chi connectivity index (χ2v) is 4.43. The molecule has 3 N–H and O–H groups in total. The van der Waals surface area contributed by atoms with Crippen molar-refractivity contribution in [1.29, 1.82) is 0 Å². The minimum absolute atomic E-state index is 0.0944. The quantitative estimate of drug-likeness (QED) is 0.782. The second kappa shape index (κ2) is 5.43. The highest BCUT2D eigenvalue weighted by atomic mass is 32.1. The maximum Gasteiger partial charge on any atom is 0.422 e. The fraction of sp³-hybridized carbons (Fsp3) is 0.444. The van der Waals surface area contributed by atoms with Crippen LogP contribution in [-0.2, 0) is 11.3 Å². The zero-order valence-corrected chi connectivity index (χ0v) is 10.4. The van der Waals surface area contributed by atoms with E-state index >= 15 is 0 Å². The molecule has 0 saturated carbocycles. The predicted octanol–water partition coefficient (Wildman–Crippen LogP) is 1.35. The van der Waals surface area contributed by atoms with Gasteiger partial charge in [0, 0.05) is 5.38 Å². The van der Waals surface area contributed by atoms with Crippen LogP contribution in [0.3, 0.4) is 0 Å². The Morgan fingerprint density at radius 3 is 2.53 bits per heavy atom. The number of amides is 2. The van der Waals surface area contributed by atoms with Gasteiger partial charge in [0.15, 0.2) is 0 Å². The predicted molar refractivity (Wildman–Crippen MR) is 59.6 cm³/mol. The number of halogens is 3. The molecule has 1 heterocycles. The molecule has 0 radical (unpaired) electrons. The summed E-state index contributed by atoms with van der Waals surface area (Å²) in [4.78, 5) is 25.8. The van der Waals surface area contributed by atoms with Gasteiger partial charge in [-0.15, -0.1) is 11.3 Å². The molecular formula is C9H10F3N3O3S. The molecule has 1 rings (SSSR count). The zero-order valence-electron chi connectivity index (χ0n) is 9.61. The van der Waals surface area contributed by atoms with Crippen LogP contribution in [0.2, 0.25) is 0 Å². The molecule has 1 aromatic rings. The number of alkyl halides is 3. The van der Waals surface area contributed by atoms with Gasteiger partial charge in [0.25, 0.3) is 0 Å². The number of hydrogen-bond donors (Lipinski definition) is 3. The molecule has 1 aromatic heterocycles. The van der Waals surface area contributed by atoms with E-state index in [1.54, 1.807) is 5.38 Å². The number of aliphatic carboxylic acids is 1. The van der Waals surface area contributed by atoms with Crippen LogP contribution < -0.4 is 10.6 Å². The van der Waals surface area contributed by atoms with E-state index in [4.69, 9.17) is 5.11 Å². The van der Waals surface area contributed by atoms with E-state index < -0.39 is 23.7 Å². The standard InChI is InChI=1S/C9H10F3N3O3S/c1-8(6(16)17,9(10,11)12)15-7(18)13-2-5-3-19-4-14-5/h3-4H,2H2,1H3,(H,16,17)(H2,13,15,18). The lowest BCUT2D eigenvalue weighted by Crippen LogP contribution is -2.63. The molecule has 0 aromatic carbocycles. The average molecular weight is 297 g/mol. The molecular weight excluding hydrogens is 287 g/mol. The number of carbonyl (C=O) groups is 2. The summed E-state index contributed by atoms with van der Waals surface area (Å²) in [6, 6.07) is -1.24. The highest BCUT2D eigenvalue weighted by Gasteiger charge is 2.58. The number of rotatable bonds is 4. The Kier molecular flexibility index (Phi) is 4.35.